The van der Waals surface area contributed by atoms with E-state index in [1.165, 1.54) is 88.6 Å². The van der Waals surface area contributed by atoms with Crippen LogP contribution in [0.4, 0.5) is 5.69 Å². The summed E-state index contributed by atoms with van der Waals surface area (Å²) in [6.45, 7) is 35.0. The zero-order valence-electron chi connectivity index (χ0n) is 36.1. The van der Waals surface area contributed by atoms with E-state index in [0.29, 0.717) is 11.3 Å². The minimum absolute atomic E-state index is 0.107. The molecule has 2 nitrogen and oxygen atoms in total. The second kappa shape index (κ2) is 14.4. The molecule has 8 aromatic rings. The molecule has 4 heteroatoms. The SMILES string of the molecule is [C-]#[N+]c1cc(B(c2c(C)cc(C)cc2C)c2c(C)cc(C)cc2C)c2ccc3c(B(c4c(C)cc(C)cc4C)c4c(C)cc(C)cc4C)cc(C#N)c4ccc1c2c43. The first-order valence-corrected chi connectivity index (χ1v) is 20.5. The van der Waals surface area contributed by atoms with Gasteiger partial charge in [-0.05, 0) is 116 Å². The Morgan fingerprint density at radius 3 is 1.03 bits per heavy atom. The van der Waals surface area contributed by atoms with E-state index in [2.05, 4.69) is 179 Å². The molecule has 0 heterocycles. The van der Waals surface area contributed by atoms with Crippen LogP contribution in [0.3, 0.4) is 0 Å². The highest BCUT2D eigenvalue weighted by atomic mass is 14.6. The van der Waals surface area contributed by atoms with E-state index in [1.54, 1.807) is 0 Å². The van der Waals surface area contributed by atoms with Gasteiger partial charge in [0.05, 0.1) is 18.2 Å². The molecule has 0 aliphatic carbocycles. The summed E-state index contributed by atoms with van der Waals surface area (Å²) in [6.07, 6.45) is 0. The Labute approximate surface area is 345 Å². The fourth-order valence-corrected chi connectivity index (χ4v) is 11.2. The maximum absolute atomic E-state index is 11.0. The van der Waals surface area contributed by atoms with Crippen LogP contribution in [-0.4, -0.2) is 13.4 Å². The van der Waals surface area contributed by atoms with Gasteiger partial charge >= 0.3 is 0 Å². The third kappa shape index (κ3) is 6.10. The van der Waals surface area contributed by atoms with Crippen molar-refractivity contribution in [3.63, 3.8) is 0 Å². The molecule has 0 amide bonds. The second-order valence-electron chi connectivity index (χ2n) is 17.4. The van der Waals surface area contributed by atoms with Crippen LogP contribution in [0.1, 0.15) is 72.3 Å². The Hall–Kier alpha value is -6.09. The van der Waals surface area contributed by atoms with Gasteiger partial charge in [-0.25, -0.2) is 4.85 Å². The van der Waals surface area contributed by atoms with E-state index in [4.69, 9.17) is 6.57 Å². The van der Waals surface area contributed by atoms with Crippen LogP contribution in [-0.2, 0) is 0 Å². The molecule has 0 fully saturated rings. The van der Waals surface area contributed by atoms with E-state index < -0.39 is 0 Å². The normalized spacial score (nSPS) is 11.4. The van der Waals surface area contributed by atoms with Gasteiger partial charge in [0.2, 0.25) is 13.4 Å². The van der Waals surface area contributed by atoms with Crippen molar-refractivity contribution in [1.29, 1.82) is 5.26 Å². The van der Waals surface area contributed by atoms with Crippen LogP contribution in [0.15, 0.2) is 84.9 Å². The van der Waals surface area contributed by atoms with E-state index in [0.717, 1.165) is 43.2 Å². The third-order valence-electron chi connectivity index (χ3n) is 12.9. The number of nitriles is 1. The van der Waals surface area contributed by atoms with Gasteiger partial charge in [0.1, 0.15) is 0 Å². The van der Waals surface area contributed by atoms with E-state index in [-0.39, 0.29) is 13.4 Å². The number of hydrogen-bond acceptors (Lipinski definition) is 1. The minimum atomic E-state index is -0.110. The number of rotatable bonds is 6. The van der Waals surface area contributed by atoms with Gasteiger partial charge in [-0.15, -0.1) is 0 Å². The lowest BCUT2D eigenvalue weighted by Crippen LogP contribution is -2.56. The Balaban J connectivity index is 1.57. The molecule has 0 saturated heterocycles. The fourth-order valence-electron chi connectivity index (χ4n) is 11.2. The molecule has 8 rings (SSSR count). The van der Waals surface area contributed by atoms with Crippen LogP contribution < -0.4 is 32.8 Å². The van der Waals surface area contributed by atoms with Crippen LogP contribution >= 0.6 is 0 Å². The Morgan fingerprint density at radius 2 is 0.707 bits per heavy atom. The summed E-state index contributed by atoms with van der Waals surface area (Å²) in [7, 11) is 0. The maximum Gasteiger partial charge on any atom is 0.243 e. The molecule has 0 aromatic heterocycles. The molecule has 0 aliphatic heterocycles. The standard InChI is InChI=1S/C54H50B2N2/c1-29-18-33(5)51(34(6)19-29)55(52-35(7)20-30(2)21-36(52)8)46-26-41(28-57)42-14-17-45-48(58-13)27-47(44-16-15-43(46)49(42)50(44)45)56(53-37(9)22-31(3)23-38(53)10)54-39(11)24-32(4)25-40(54)12/h14-27H,1-12H3. The van der Waals surface area contributed by atoms with Gasteiger partial charge in [-0.2, -0.15) is 5.26 Å². The lowest BCUT2D eigenvalue weighted by Gasteiger charge is -2.28. The van der Waals surface area contributed by atoms with Gasteiger partial charge in [0.15, 0.2) is 5.69 Å². The van der Waals surface area contributed by atoms with Crippen molar-refractivity contribution in [3.05, 3.63) is 169 Å². The highest BCUT2D eigenvalue weighted by Gasteiger charge is 2.34. The van der Waals surface area contributed by atoms with E-state index in [9.17, 15) is 5.26 Å². The van der Waals surface area contributed by atoms with Crippen LogP contribution in [0.5, 0.6) is 0 Å². The highest BCUT2D eigenvalue weighted by Crippen LogP contribution is 2.39. The van der Waals surface area contributed by atoms with Crippen molar-refractivity contribution in [3.8, 4) is 6.07 Å². The van der Waals surface area contributed by atoms with Crippen molar-refractivity contribution >= 4 is 84.2 Å². The molecule has 0 atom stereocenters. The van der Waals surface area contributed by atoms with Crippen molar-refractivity contribution in [2.24, 2.45) is 0 Å². The predicted octanol–water partition coefficient (Wildman–Crippen LogP) is 9.74. The third-order valence-corrected chi connectivity index (χ3v) is 12.9. The molecule has 8 aromatic carbocycles. The molecule has 58 heavy (non-hydrogen) atoms. The van der Waals surface area contributed by atoms with Gasteiger partial charge in [0.25, 0.3) is 0 Å². The van der Waals surface area contributed by atoms with Crippen molar-refractivity contribution < 1.29 is 0 Å². The topological polar surface area (TPSA) is 28.1 Å². The summed E-state index contributed by atoms with van der Waals surface area (Å²) >= 11 is 0. The molecule has 0 saturated carbocycles. The van der Waals surface area contributed by atoms with Crippen molar-refractivity contribution in [2.45, 2.75) is 83.1 Å². The lowest BCUT2D eigenvalue weighted by molar-refractivity contribution is 1.34. The number of hydrogen-bond donors (Lipinski definition) is 0. The average molecular weight is 749 g/mol. The molecular formula is C54H50B2N2. The summed E-state index contributed by atoms with van der Waals surface area (Å²) in [4.78, 5) is 4.27. The molecule has 0 radical (unpaired) electrons. The first-order chi connectivity index (χ1) is 27.6. The second-order valence-corrected chi connectivity index (χ2v) is 17.4. The number of nitrogens with zero attached hydrogens (tertiary/aromatic N) is 2. The van der Waals surface area contributed by atoms with Crippen molar-refractivity contribution in [2.75, 3.05) is 0 Å². The quantitative estimate of drug-likeness (QED) is 0.0946. The average Bonchev–Trinajstić information content (AvgIpc) is 3.14. The predicted molar refractivity (Wildman–Crippen MR) is 253 cm³/mol. The van der Waals surface area contributed by atoms with Crippen LogP contribution in [0, 0.1) is 101 Å². The zero-order valence-corrected chi connectivity index (χ0v) is 36.1. The van der Waals surface area contributed by atoms with Crippen molar-refractivity contribution in [1.82, 2.24) is 0 Å². The zero-order chi connectivity index (χ0) is 41.5. The van der Waals surface area contributed by atoms with Crippen LogP contribution in [0.25, 0.3) is 37.2 Å². The summed E-state index contributed by atoms with van der Waals surface area (Å²) in [5.74, 6) is 0. The Morgan fingerprint density at radius 1 is 0.414 bits per heavy atom. The molecule has 0 bridgehead atoms. The van der Waals surface area contributed by atoms with Crippen LogP contribution in [0.2, 0.25) is 0 Å². The Kier molecular flexibility index (Phi) is 9.61. The summed E-state index contributed by atoms with van der Waals surface area (Å²) < 4.78 is 0. The summed E-state index contributed by atoms with van der Waals surface area (Å²) in [6, 6.07) is 34.2. The molecule has 0 spiro atoms. The first-order valence-electron chi connectivity index (χ1n) is 20.5. The Bertz CT molecular complexity index is 2700. The van der Waals surface area contributed by atoms with Gasteiger partial charge < -0.3 is 0 Å². The fraction of sp³-hybridized carbons (Fsp3) is 0.222. The largest absolute Gasteiger partial charge is 0.243 e. The first kappa shape index (κ1) is 38.8. The number of aryl methyl sites for hydroxylation is 12. The summed E-state index contributed by atoms with van der Waals surface area (Å²) in [5.41, 5.74) is 23.7. The summed E-state index contributed by atoms with van der Waals surface area (Å²) in [5, 5.41) is 17.3. The van der Waals surface area contributed by atoms with Gasteiger partial charge in [0, 0.05) is 5.39 Å². The minimum Gasteiger partial charge on any atom is -0.238 e. The van der Waals surface area contributed by atoms with Gasteiger partial charge in [-0.3, -0.25) is 0 Å². The number of benzene rings is 8. The van der Waals surface area contributed by atoms with E-state index in [1.807, 2.05) is 0 Å². The maximum atomic E-state index is 11.0. The molecule has 0 unspecified atom stereocenters. The molecule has 282 valence electrons. The smallest absolute Gasteiger partial charge is 0.238 e. The van der Waals surface area contributed by atoms with E-state index >= 15 is 0 Å². The van der Waals surface area contributed by atoms with Gasteiger partial charge in [-0.1, -0.05) is 178 Å². The molecule has 0 aliphatic rings. The highest BCUT2D eigenvalue weighted by molar-refractivity contribution is 6.99. The molecular weight excluding hydrogens is 698 g/mol. The molecule has 0 N–H and O–H groups in total. The lowest BCUT2D eigenvalue weighted by atomic mass is 9.33. The monoisotopic (exact) mass is 748 g/mol.